The first-order valence-electron chi connectivity index (χ1n) is 11.6. The smallest absolute Gasteiger partial charge is 0.280 e. The van der Waals surface area contributed by atoms with Crippen molar-refractivity contribution in [1.82, 2.24) is 9.78 Å². The first-order chi connectivity index (χ1) is 17.6. The van der Waals surface area contributed by atoms with Crippen LogP contribution in [0.3, 0.4) is 0 Å². The van der Waals surface area contributed by atoms with E-state index >= 15 is 0 Å². The molecule has 0 aliphatic carbocycles. The summed E-state index contributed by atoms with van der Waals surface area (Å²) in [5, 5.41) is 3.32. The lowest BCUT2D eigenvalue weighted by atomic mass is 10.0. The molecule has 0 aliphatic heterocycles. The van der Waals surface area contributed by atoms with E-state index in [0.29, 0.717) is 17.0 Å². The zero-order chi connectivity index (χ0) is 24.9. The van der Waals surface area contributed by atoms with Gasteiger partial charge in [0, 0.05) is 15.4 Å². The van der Waals surface area contributed by atoms with E-state index in [9.17, 15) is 4.79 Å². The highest BCUT2D eigenvalue weighted by Gasteiger charge is 2.20. The van der Waals surface area contributed by atoms with E-state index in [-0.39, 0.29) is 5.56 Å². The molecule has 5 rings (SSSR count). The van der Waals surface area contributed by atoms with Crippen molar-refractivity contribution >= 4 is 23.2 Å². The quantitative estimate of drug-likeness (QED) is 0.246. The number of nitrogens with zero attached hydrogens (tertiary/aromatic N) is 2. The normalized spacial score (nSPS) is 11.4. The average molecular weight is 492 g/mol. The van der Waals surface area contributed by atoms with Crippen LogP contribution in [-0.2, 0) is 0 Å². The summed E-state index contributed by atoms with van der Waals surface area (Å²) >= 11 is 1.65. The summed E-state index contributed by atoms with van der Waals surface area (Å²) in [5.74, 6) is 0.752. The van der Waals surface area contributed by atoms with Gasteiger partial charge in [-0.25, -0.2) is 4.68 Å². The van der Waals surface area contributed by atoms with Gasteiger partial charge in [0.05, 0.1) is 35.5 Å². The fraction of sp³-hybridized carbons (Fsp3) is 0.0667. The van der Waals surface area contributed by atoms with Crippen LogP contribution >= 0.6 is 11.8 Å². The Morgan fingerprint density at radius 3 is 2.17 bits per heavy atom. The minimum Gasteiger partial charge on any atom is -0.497 e. The second-order valence-electron chi connectivity index (χ2n) is 8.15. The van der Waals surface area contributed by atoms with Crippen molar-refractivity contribution in [2.45, 2.75) is 16.7 Å². The third-order valence-corrected chi connectivity index (χ3v) is 6.84. The van der Waals surface area contributed by atoms with E-state index in [4.69, 9.17) is 9.73 Å². The minimum absolute atomic E-state index is 0.151. The van der Waals surface area contributed by atoms with E-state index in [1.807, 2.05) is 104 Å². The topological polar surface area (TPSA) is 59.4 Å². The van der Waals surface area contributed by atoms with Crippen LogP contribution in [0.4, 0.5) is 5.69 Å². The molecule has 0 aliphatic rings. The van der Waals surface area contributed by atoms with Crippen LogP contribution in [0.15, 0.2) is 129 Å². The number of benzene rings is 4. The maximum Gasteiger partial charge on any atom is 0.280 e. The van der Waals surface area contributed by atoms with Crippen molar-refractivity contribution in [3.8, 4) is 22.7 Å². The average Bonchev–Trinajstić information content (AvgIpc) is 3.28. The number of hydrogen-bond donors (Lipinski definition) is 1. The third kappa shape index (κ3) is 4.90. The highest BCUT2D eigenvalue weighted by molar-refractivity contribution is 7.99. The monoisotopic (exact) mass is 491 g/mol. The lowest BCUT2D eigenvalue weighted by Crippen LogP contribution is -2.19. The molecule has 1 aromatic heterocycles. The number of ether oxygens (including phenoxy) is 1. The molecule has 6 heteroatoms. The third-order valence-electron chi connectivity index (χ3n) is 5.77. The number of aliphatic imine (C=N–C) groups is 1. The van der Waals surface area contributed by atoms with Gasteiger partial charge in [-0.15, -0.1) is 0 Å². The maximum atomic E-state index is 13.7. The van der Waals surface area contributed by atoms with Crippen molar-refractivity contribution in [1.29, 1.82) is 0 Å². The molecule has 178 valence electrons. The van der Waals surface area contributed by atoms with Gasteiger partial charge < -0.3 is 4.74 Å². The number of aromatic amines is 1. The van der Waals surface area contributed by atoms with Crippen LogP contribution in [-0.4, -0.2) is 22.6 Å². The molecule has 36 heavy (non-hydrogen) atoms. The molecular formula is C30H25N3O2S. The number of nitrogens with one attached hydrogen (secondary N) is 1. The molecule has 0 radical (unpaired) electrons. The fourth-order valence-corrected chi connectivity index (χ4v) is 4.90. The fourth-order valence-electron chi connectivity index (χ4n) is 3.99. The standard InChI is InChI=1S/C30H25N3O2S/c1-21(31-26-15-9-10-16-27(26)36-25-13-7-4-8-14-25)28-29(22-17-19-24(35-2)20-18-22)32-33(30(28)34)23-11-5-3-6-12-23/h3-20,32H,1-2H3. The van der Waals surface area contributed by atoms with Crippen molar-refractivity contribution in [2.24, 2.45) is 4.99 Å². The van der Waals surface area contributed by atoms with E-state index in [2.05, 4.69) is 17.2 Å². The van der Waals surface area contributed by atoms with Crippen LogP contribution in [0.1, 0.15) is 12.5 Å². The number of para-hydroxylation sites is 2. The van der Waals surface area contributed by atoms with Crippen LogP contribution in [0.5, 0.6) is 5.75 Å². The Balaban J connectivity index is 1.63. The van der Waals surface area contributed by atoms with Gasteiger partial charge in [0.2, 0.25) is 0 Å². The molecule has 1 heterocycles. The number of hydrogen-bond acceptors (Lipinski definition) is 4. The Labute approximate surface area is 214 Å². The number of H-pyrrole nitrogens is 1. The molecule has 0 saturated heterocycles. The van der Waals surface area contributed by atoms with Crippen molar-refractivity contribution in [3.63, 3.8) is 0 Å². The summed E-state index contributed by atoms with van der Waals surface area (Å²) in [6, 6.07) is 35.4. The lowest BCUT2D eigenvalue weighted by molar-refractivity contribution is 0.415. The molecule has 0 fully saturated rings. The molecule has 1 N–H and O–H groups in total. The zero-order valence-corrected chi connectivity index (χ0v) is 20.8. The van der Waals surface area contributed by atoms with Crippen LogP contribution in [0, 0.1) is 0 Å². The number of aromatic nitrogens is 2. The van der Waals surface area contributed by atoms with Gasteiger partial charge in [0.25, 0.3) is 5.56 Å². The largest absolute Gasteiger partial charge is 0.497 e. The molecule has 0 spiro atoms. The van der Waals surface area contributed by atoms with Gasteiger partial charge in [0.15, 0.2) is 0 Å². The first-order valence-corrected chi connectivity index (χ1v) is 12.4. The number of rotatable bonds is 7. The first kappa shape index (κ1) is 23.5. The van der Waals surface area contributed by atoms with E-state index in [1.54, 1.807) is 23.6 Å². The predicted molar refractivity (Wildman–Crippen MR) is 147 cm³/mol. The highest BCUT2D eigenvalue weighted by Crippen LogP contribution is 2.35. The Morgan fingerprint density at radius 2 is 1.47 bits per heavy atom. The molecule has 0 atom stereocenters. The van der Waals surface area contributed by atoms with Gasteiger partial charge in [-0.1, -0.05) is 60.3 Å². The summed E-state index contributed by atoms with van der Waals surface area (Å²) < 4.78 is 6.89. The van der Waals surface area contributed by atoms with Gasteiger partial charge in [-0.3, -0.25) is 14.9 Å². The Morgan fingerprint density at radius 1 is 0.833 bits per heavy atom. The maximum absolute atomic E-state index is 13.7. The molecule has 5 aromatic rings. The van der Waals surface area contributed by atoms with Gasteiger partial charge >= 0.3 is 0 Å². The van der Waals surface area contributed by atoms with Crippen molar-refractivity contribution in [3.05, 3.63) is 125 Å². The SMILES string of the molecule is COc1ccc(-c2[nH]n(-c3ccccc3)c(=O)c2C(C)=Nc2ccccc2Sc2ccccc2)cc1. The summed E-state index contributed by atoms with van der Waals surface area (Å²) in [7, 11) is 1.63. The van der Waals surface area contributed by atoms with Crippen LogP contribution in [0.25, 0.3) is 16.9 Å². The predicted octanol–water partition coefficient (Wildman–Crippen LogP) is 7.13. The van der Waals surface area contributed by atoms with Gasteiger partial charge in [-0.05, 0) is 67.6 Å². The number of methoxy groups -OCH3 is 1. The molecule has 0 bridgehead atoms. The Kier molecular flexibility index (Phi) is 6.87. The Hall–Kier alpha value is -4.29. The highest BCUT2D eigenvalue weighted by atomic mass is 32.2. The van der Waals surface area contributed by atoms with Crippen molar-refractivity contribution in [2.75, 3.05) is 7.11 Å². The van der Waals surface area contributed by atoms with Gasteiger partial charge in [0.1, 0.15) is 5.75 Å². The molecule has 4 aromatic carbocycles. The second kappa shape index (κ2) is 10.5. The summed E-state index contributed by atoms with van der Waals surface area (Å²) in [4.78, 5) is 20.8. The van der Waals surface area contributed by atoms with Gasteiger partial charge in [-0.2, -0.15) is 0 Å². The molecular weight excluding hydrogens is 466 g/mol. The second-order valence-corrected chi connectivity index (χ2v) is 9.26. The summed E-state index contributed by atoms with van der Waals surface area (Å²) in [5.41, 5.74) is 4.18. The molecule has 0 unspecified atom stereocenters. The van der Waals surface area contributed by atoms with Crippen molar-refractivity contribution < 1.29 is 4.74 Å². The van der Waals surface area contributed by atoms with E-state index in [1.165, 1.54) is 0 Å². The molecule has 0 amide bonds. The molecule has 0 saturated carbocycles. The van der Waals surface area contributed by atoms with E-state index < -0.39 is 0 Å². The Bertz CT molecular complexity index is 1550. The molecule has 5 nitrogen and oxygen atoms in total. The van der Waals surface area contributed by atoms with Crippen LogP contribution < -0.4 is 10.3 Å². The van der Waals surface area contributed by atoms with E-state index in [0.717, 1.165) is 32.5 Å². The summed E-state index contributed by atoms with van der Waals surface area (Å²) in [6.07, 6.45) is 0. The lowest BCUT2D eigenvalue weighted by Gasteiger charge is -2.08. The minimum atomic E-state index is -0.151. The zero-order valence-electron chi connectivity index (χ0n) is 20.0. The van der Waals surface area contributed by atoms with Crippen LogP contribution in [0.2, 0.25) is 0 Å². The summed E-state index contributed by atoms with van der Waals surface area (Å²) in [6.45, 7) is 1.89.